The molecule has 2 rings (SSSR count). The van der Waals surface area contributed by atoms with Gasteiger partial charge in [-0.2, -0.15) is 0 Å². The van der Waals surface area contributed by atoms with Crippen molar-refractivity contribution in [2.75, 3.05) is 18.5 Å². The van der Waals surface area contributed by atoms with E-state index >= 15 is 0 Å². The number of aliphatic hydroxyl groups excluding tert-OH is 1. The lowest BCUT2D eigenvalue weighted by Gasteiger charge is -2.15. The first kappa shape index (κ1) is 16.2. The van der Waals surface area contributed by atoms with Crippen molar-refractivity contribution in [3.63, 3.8) is 0 Å². The Morgan fingerprint density at radius 2 is 1.76 bits per heavy atom. The molecule has 21 heavy (non-hydrogen) atoms. The number of halogens is 3. The summed E-state index contributed by atoms with van der Waals surface area (Å²) >= 11 is 17.7. The van der Waals surface area contributed by atoms with Gasteiger partial charge in [0.15, 0.2) is 0 Å². The van der Waals surface area contributed by atoms with Crippen LogP contribution in [-0.4, -0.2) is 24.4 Å². The SMILES string of the molecule is OC(CNc1ccccc1Cl)COc1ccc(Cl)c(Cl)c1. The average molecular weight is 347 g/mol. The number of rotatable bonds is 6. The van der Waals surface area contributed by atoms with Crippen LogP contribution in [0.3, 0.4) is 0 Å². The number of anilines is 1. The largest absolute Gasteiger partial charge is 0.491 e. The molecule has 2 N–H and O–H groups in total. The Morgan fingerprint density at radius 1 is 1.00 bits per heavy atom. The molecule has 2 aromatic carbocycles. The second-order valence-corrected chi connectivity index (χ2v) is 5.62. The molecular formula is C15H14Cl3NO2. The third-order valence-corrected chi connectivity index (χ3v) is 3.80. The molecule has 0 fully saturated rings. The van der Waals surface area contributed by atoms with E-state index in [1.807, 2.05) is 18.2 Å². The van der Waals surface area contributed by atoms with Crippen LogP contribution in [0.5, 0.6) is 5.75 Å². The predicted octanol–water partition coefficient (Wildman–Crippen LogP) is 4.50. The normalized spacial score (nSPS) is 12.0. The number of hydrogen-bond acceptors (Lipinski definition) is 3. The summed E-state index contributed by atoms with van der Waals surface area (Å²) in [5.41, 5.74) is 0.771. The highest BCUT2D eigenvalue weighted by Crippen LogP contribution is 2.26. The van der Waals surface area contributed by atoms with E-state index in [2.05, 4.69) is 5.32 Å². The van der Waals surface area contributed by atoms with Crippen LogP contribution in [0.25, 0.3) is 0 Å². The van der Waals surface area contributed by atoms with Gasteiger partial charge in [-0.1, -0.05) is 46.9 Å². The van der Waals surface area contributed by atoms with Gasteiger partial charge in [0.25, 0.3) is 0 Å². The van der Waals surface area contributed by atoms with Crippen LogP contribution in [-0.2, 0) is 0 Å². The first-order chi connectivity index (χ1) is 10.1. The Labute approximate surface area is 138 Å². The van der Waals surface area contributed by atoms with Gasteiger partial charge < -0.3 is 15.2 Å². The maximum atomic E-state index is 9.90. The molecule has 112 valence electrons. The maximum Gasteiger partial charge on any atom is 0.121 e. The van der Waals surface area contributed by atoms with Gasteiger partial charge >= 0.3 is 0 Å². The zero-order valence-corrected chi connectivity index (χ0v) is 13.3. The molecule has 0 radical (unpaired) electrons. The number of nitrogens with one attached hydrogen (secondary N) is 1. The highest BCUT2D eigenvalue weighted by molar-refractivity contribution is 6.42. The minimum atomic E-state index is -0.685. The molecule has 0 aromatic heterocycles. The fourth-order valence-electron chi connectivity index (χ4n) is 1.65. The third-order valence-electron chi connectivity index (χ3n) is 2.74. The van der Waals surface area contributed by atoms with Crippen LogP contribution in [0.4, 0.5) is 5.69 Å². The van der Waals surface area contributed by atoms with Crippen LogP contribution >= 0.6 is 34.8 Å². The van der Waals surface area contributed by atoms with Crippen LogP contribution in [0.15, 0.2) is 42.5 Å². The highest BCUT2D eigenvalue weighted by Gasteiger charge is 2.07. The lowest BCUT2D eigenvalue weighted by atomic mass is 10.3. The van der Waals surface area contributed by atoms with Gasteiger partial charge in [0.05, 0.1) is 20.8 Å². The van der Waals surface area contributed by atoms with E-state index < -0.39 is 6.10 Å². The van der Waals surface area contributed by atoms with E-state index in [4.69, 9.17) is 39.5 Å². The summed E-state index contributed by atoms with van der Waals surface area (Å²) in [7, 11) is 0. The van der Waals surface area contributed by atoms with Crippen molar-refractivity contribution in [1.29, 1.82) is 0 Å². The number of ether oxygens (including phenoxy) is 1. The van der Waals surface area contributed by atoms with Gasteiger partial charge in [0.2, 0.25) is 0 Å². The average Bonchev–Trinajstić information content (AvgIpc) is 2.47. The molecule has 0 saturated carbocycles. The van der Waals surface area contributed by atoms with Gasteiger partial charge in [-0.3, -0.25) is 0 Å². The second kappa shape index (κ2) is 7.76. The van der Waals surface area contributed by atoms with E-state index in [1.54, 1.807) is 24.3 Å². The predicted molar refractivity (Wildman–Crippen MR) is 87.9 cm³/mol. The van der Waals surface area contributed by atoms with Crippen molar-refractivity contribution < 1.29 is 9.84 Å². The molecular weight excluding hydrogens is 333 g/mol. The zero-order valence-electron chi connectivity index (χ0n) is 11.0. The van der Waals surface area contributed by atoms with Crippen LogP contribution in [0.1, 0.15) is 0 Å². The lowest BCUT2D eigenvalue weighted by Crippen LogP contribution is -2.26. The fraction of sp³-hybridized carbons (Fsp3) is 0.200. The summed E-state index contributed by atoms with van der Waals surface area (Å²) in [6.45, 7) is 0.459. The standard InChI is InChI=1S/C15H14Cl3NO2/c16-12-6-5-11(7-14(12)18)21-9-10(20)8-19-15-4-2-1-3-13(15)17/h1-7,10,19-20H,8-9H2. The van der Waals surface area contributed by atoms with E-state index in [0.717, 1.165) is 5.69 Å². The molecule has 6 heteroatoms. The Kier molecular flexibility index (Phi) is 6.00. The Hall–Kier alpha value is -1.13. The van der Waals surface area contributed by atoms with Gasteiger partial charge in [0, 0.05) is 12.6 Å². The second-order valence-electron chi connectivity index (χ2n) is 4.40. The van der Waals surface area contributed by atoms with Crippen LogP contribution < -0.4 is 10.1 Å². The first-order valence-electron chi connectivity index (χ1n) is 6.30. The molecule has 0 aliphatic carbocycles. The molecule has 1 atom stereocenters. The summed E-state index contributed by atoms with van der Waals surface area (Å²) in [6.07, 6.45) is -0.685. The highest BCUT2D eigenvalue weighted by atomic mass is 35.5. The molecule has 0 amide bonds. The molecule has 0 heterocycles. The van der Waals surface area contributed by atoms with Gasteiger partial charge in [-0.25, -0.2) is 0 Å². The van der Waals surface area contributed by atoms with Gasteiger partial charge in [-0.05, 0) is 24.3 Å². The smallest absolute Gasteiger partial charge is 0.121 e. The van der Waals surface area contributed by atoms with Gasteiger partial charge in [0.1, 0.15) is 18.5 Å². The quantitative estimate of drug-likeness (QED) is 0.809. The Bertz CT molecular complexity index is 607. The zero-order chi connectivity index (χ0) is 15.2. The number of hydrogen-bond donors (Lipinski definition) is 2. The van der Waals surface area contributed by atoms with Crippen molar-refractivity contribution in [2.24, 2.45) is 0 Å². The molecule has 0 saturated heterocycles. The molecule has 1 unspecified atom stereocenters. The summed E-state index contributed by atoms with van der Waals surface area (Å²) < 4.78 is 5.46. The summed E-state index contributed by atoms with van der Waals surface area (Å²) in [5.74, 6) is 0.557. The van der Waals surface area contributed by atoms with E-state index in [-0.39, 0.29) is 6.61 Å². The topological polar surface area (TPSA) is 41.5 Å². The molecule has 2 aromatic rings. The summed E-state index contributed by atoms with van der Waals surface area (Å²) in [6, 6.07) is 12.3. The summed E-state index contributed by atoms with van der Waals surface area (Å²) in [5, 5.41) is 14.4. The van der Waals surface area contributed by atoms with Gasteiger partial charge in [-0.15, -0.1) is 0 Å². The number of para-hydroxylation sites is 1. The van der Waals surface area contributed by atoms with Crippen molar-refractivity contribution in [3.8, 4) is 5.75 Å². The number of aliphatic hydroxyl groups is 1. The van der Waals surface area contributed by atoms with E-state index in [9.17, 15) is 5.11 Å². The molecule has 0 bridgehead atoms. The van der Waals surface area contributed by atoms with E-state index in [1.165, 1.54) is 0 Å². The Morgan fingerprint density at radius 3 is 2.48 bits per heavy atom. The fourth-order valence-corrected chi connectivity index (χ4v) is 2.14. The van der Waals surface area contributed by atoms with Crippen molar-refractivity contribution in [3.05, 3.63) is 57.5 Å². The minimum Gasteiger partial charge on any atom is -0.491 e. The first-order valence-corrected chi connectivity index (χ1v) is 7.44. The van der Waals surface area contributed by atoms with Crippen molar-refractivity contribution in [1.82, 2.24) is 0 Å². The van der Waals surface area contributed by atoms with Crippen molar-refractivity contribution >= 4 is 40.5 Å². The van der Waals surface area contributed by atoms with E-state index in [0.29, 0.717) is 27.4 Å². The molecule has 0 aliphatic rings. The van der Waals surface area contributed by atoms with Crippen molar-refractivity contribution in [2.45, 2.75) is 6.10 Å². The monoisotopic (exact) mass is 345 g/mol. The number of benzene rings is 2. The summed E-state index contributed by atoms with van der Waals surface area (Å²) in [4.78, 5) is 0. The van der Waals surface area contributed by atoms with Crippen LogP contribution in [0.2, 0.25) is 15.1 Å². The minimum absolute atomic E-state index is 0.134. The molecule has 3 nitrogen and oxygen atoms in total. The molecule has 0 spiro atoms. The molecule has 0 aliphatic heterocycles. The van der Waals surface area contributed by atoms with Crippen LogP contribution in [0, 0.1) is 0 Å². The Balaban J connectivity index is 1.81. The maximum absolute atomic E-state index is 9.90. The third kappa shape index (κ3) is 4.97. The lowest BCUT2D eigenvalue weighted by molar-refractivity contribution is 0.117.